The van der Waals surface area contributed by atoms with Crippen LogP contribution >= 0.6 is 0 Å². The Balaban J connectivity index is 1.56. The fraction of sp³-hybridized carbons (Fsp3) is 0.400. The Morgan fingerprint density at radius 3 is 2.16 bits per heavy atom. The number of benzene rings is 2. The van der Waals surface area contributed by atoms with Gasteiger partial charge >= 0.3 is 12.1 Å². The van der Waals surface area contributed by atoms with Gasteiger partial charge in [0.1, 0.15) is 12.6 Å². The van der Waals surface area contributed by atoms with E-state index in [0.717, 1.165) is 35.1 Å². The molecule has 3 rings (SSSR count). The number of aliphatic carboxylic acids is 1. The van der Waals surface area contributed by atoms with Gasteiger partial charge in [-0.1, -0.05) is 61.4 Å². The number of carboxylic acids is 1. The van der Waals surface area contributed by atoms with Crippen LogP contribution < -0.4 is 5.32 Å². The van der Waals surface area contributed by atoms with Crippen LogP contribution in [0.2, 0.25) is 0 Å². The number of unbranched alkanes of at least 4 members (excludes halogenated alkanes) is 2. The molecule has 32 heavy (non-hydrogen) atoms. The maximum absolute atomic E-state index is 12.7. The normalized spacial score (nSPS) is 13.1. The van der Waals surface area contributed by atoms with Crippen molar-refractivity contribution in [3.8, 4) is 11.1 Å². The molecule has 0 fully saturated rings. The second-order valence-corrected chi connectivity index (χ2v) is 8.10. The Kier molecular flexibility index (Phi) is 7.87. The van der Waals surface area contributed by atoms with Crippen LogP contribution in [0, 0.1) is 0 Å². The number of nitrogens with one attached hydrogen (secondary N) is 1. The third kappa shape index (κ3) is 5.46. The molecule has 0 saturated heterocycles. The minimum absolute atomic E-state index is 0.0724. The number of rotatable bonds is 10. The summed E-state index contributed by atoms with van der Waals surface area (Å²) in [6.45, 7) is 2.18. The third-order valence-electron chi connectivity index (χ3n) is 5.90. The van der Waals surface area contributed by atoms with Crippen molar-refractivity contribution in [1.82, 2.24) is 10.2 Å². The summed E-state index contributed by atoms with van der Waals surface area (Å²) in [7, 11) is 1.47. The number of carbonyl (C=O) groups excluding carboxylic acids is 2. The zero-order valence-electron chi connectivity index (χ0n) is 18.5. The van der Waals surface area contributed by atoms with E-state index in [1.807, 2.05) is 36.4 Å². The average Bonchev–Trinajstić information content (AvgIpc) is 3.10. The van der Waals surface area contributed by atoms with Gasteiger partial charge < -0.3 is 15.2 Å². The van der Waals surface area contributed by atoms with Crippen LogP contribution in [-0.4, -0.2) is 54.2 Å². The van der Waals surface area contributed by atoms with Crippen molar-refractivity contribution < 1.29 is 24.2 Å². The lowest BCUT2D eigenvalue weighted by Crippen LogP contribution is -2.43. The van der Waals surface area contributed by atoms with Crippen molar-refractivity contribution in [2.75, 3.05) is 20.2 Å². The van der Waals surface area contributed by atoms with Crippen molar-refractivity contribution in [2.24, 2.45) is 0 Å². The lowest BCUT2D eigenvalue weighted by atomic mass is 9.98. The van der Waals surface area contributed by atoms with E-state index in [4.69, 9.17) is 4.74 Å². The van der Waals surface area contributed by atoms with Gasteiger partial charge in [-0.25, -0.2) is 9.59 Å². The molecule has 0 aromatic heterocycles. The molecule has 2 aromatic rings. The molecule has 7 heteroatoms. The molecule has 0 radical (unpaired) electrons. The van der Waals surface area contributed by atoms with E-state index in [2.05, 4.69) is 17.4 Å². The predicted molar refractivity (Wildman–Crippen MR) is 121 cm³/mol. The lowest BCUT2D eigenvalue weighted by Gasteiger charge is -2.25. The molecule has 0 unspecified atom stereocenters. The highest BCUT2D eigenvalue weighted by Gasteiger charge is 2.31. The van der Waals surface area contributed by atoms with Crippen LogP contribution in [0.25, 0.3) is 11.1 Å². The van der Waals surface area contributed by atoms with Gasteiger partial charge in [0.05, 0.1) is 0 Å². The molecule has 1 aliphatic rings. The fourth-order valence-corrected chi connectivity index (χ4v) is 4.21. The Hall–Kier alpha value is -3.35. The standard InChI is InChI=1S/C25H30N2O5/c1-17(28)26-15-9-3-4-14-23(24(29)30)27(2)25(31)32-16-22-20-12-7-5-10-18(20)19-11-6-8-13-21(19)22/h5-8,10-13,22-23H,3-4,9,14-16H2,1-2H3,(H,26,28)(H,29,30)/t23-/m0/s1. The highest BCUT2D eigenvalue weighted by Crippen LogP contribution is 2.44. The molecule has 2 N–H and O–H groups in total. The number of nitrogens with zero attached hydrogens (tertiary/aromatic N) is 1. The van der Waals surface area contributed by atoms with E-state index in [9.17, 15) is 19.5 Å². The summed E-state index contributed by atoms with van der Waals surface area (Å²) in [5.41, 5.74) is 4.50. The second kappa shape index (κ2) is 10.8. The Labute approximate surface area is 188 Å². The molecular formula is C25H30N2O5. The Morgan fingerprint density at radius 1 is 1.00 bits per heavy atom. The van der Waals surface area contributed by atoms with Crippen LogP contribution in [0.15, 0.2) is 48.5 Å². The van der Waals surface area contributed by atoms with Gasteiger partial charge in [0.25, 0.3) is 0 Å². The summed E-state index contributed by atoms with van der Waals surface area (Å²) >= 11 is 0. The summed E-state index contributed by atoms with van der Waals surface area (Å²) < 4.78 is 5.58. The fourth-order valence-electron chi connectivity index (χ4n) is 4.21. The van der Waals surface area contributed by atoms with Crippen LogP contribution in [0.5, 0.6) is 0 Å². The first-order valence-corrected chi connectivity index (χ1v) is 10.9. The third-order valence-corrected chi connectivity index (χ3v) is 5.90. The van der Waals surface area contributed by atoms with Gasteiger partial charge in [-0.2, -0.15) is 0 Å². The molecule has 0 bridgehead atoms. The van der Waals surface area contributed by atoms with E-state index in [0.29, 0.717) is 19.4 Å². The van der Waals surface area contributed by atoms with Crippen molar-refractivity contribution in [3.05, 3.63) is 59.7 Å². The van der Waals surface area contributed by atoms with Gasteiger partial charge in [0.15, 0.2) is 0 Å². The summed E-state index contributed by atoms with van der Waals surface area (Å²) in [6, 6.07) is 15.2. The zero-order chi connectivity index (χ0) is 23.1. The largest absolute Gasteiger partial charge is 0.480 e. The number of likely N-dealkylation sites (N-methyl/N-ethyl adjacent to an activating group) is 1. The molecule has 1 atom stereocenters. The molecule has 0 aliphatic heterocycles. The van der Waals surface area contributed by atoms with Gasteiger partial charge in [-0.05, 0) is 35.1 Å². The SMILES string of the molecule is CC(=O)NCCCCC[C@@H](C(=O)O)N(C)C(=O)OCC1c2ccccc2-c2ccccc21. The van der Waals surface area contributed by atoms with E-state index in [-0.39, 0.29) is 18.4 Å². The van der Waals surface area contributed by atoms with Gasteiger partial charge in [-0.15, -0.1) is 0 Å². The number of carbonyl (C=O) groups is 3. The second-order valence-electron chi connectivity index (χ2n) is 8.10. The van der Waals surface area contributed by atoms with Crippen molar-refractivity contribution in [1.29, 1.82) is 0 Å². The molecule has 2 amide bonds. The molecule has 0 saturated carbocycles. The highest BCUT2D eigenvalue weighted by molar-refractivity contribution is 5.81. The van der Waals surface area contributed by atoms with Crippen molar-refractivity contribution >= 4 is 18.0 Å². The number of hydrogen-bond acceptors (Lipinski definition) is 4. The number of ether oxygens (including phenoxy) is 1. The minimum Gasteiger partial charge on any atom is -0.480 e. The first kappa shape index (κ1) is 23.3. The van der Waals surface area contributed by atoms with Crippen LogP contribution in [-0.2, 0) is 14.3 Å². The number of amides is 2. The van der Waals surface area contributed by atoms with Gasteiger partial charge in [0.2, 0.25) is 5.91 Å². The maximum atomic E-state index is 12.7. The smallest absolute Gasteiger partial charge is 0.410 e. The Bertz CT molecular complexity index is 929. The summed E-state index contributed by atoms with van der Waals surface area (Å²) in [5.74, 6) is -1.21. The molecule has 2 aromatic carbocycles. The summed E-state index contributed by atoms with van der Waals surface area (Å²) in [5, 5.41) is 12.3. The van der Waals surface area contributed by atoms with E-state index >= 15 is 0 Å². The van der Waals surface area contributed by atoms with Crippen LogP contribution in [0.3, 0.4) is 0 Å². The maximum Gasteiger partial charge on any atom is 0.410 e. The molecule has 0 heterocycles. The van der Waals surface area contributed by atoms with Gasteiger partial charge in [0, 0.05) is 26.4 Å². The zero-order valence-corrected chi connectivity index (χ0v) is 18.5. The topological polar surface area (TPSA) is 95.9 Å². The molecule has 0 spiro atoms. The minimum atomic E-state index is -1.05. The Morgan fingerprint density at radius 2 is 1.59 bits per heavy atom. The van der Waals surface area contributed by atoms with Crippen LogP contribution in [0.1, 0.15) is 49.7 Å². The number of hydrogen-bond donors (Lipinski definition) is 2. The first-order valence-electron chi connectivity index (χ1n) is 10.9. The first-order chi connectivity index (χ1) is 15.4. The van der Waals surface area contributed by atoms with E-state index < -0.39 is 18.1 Å². The van der Waals surface area contributed by atoms with Crippen molar-refractivity contribution in [3.63, 3.8) is 0 Å². The molecule has 1 aliphatic carbocycles. The summed E-state index contributed by atoms with van der Waals surface area (Å²) in [6.07, 6.45) is 1.86. The van der Waals surface area contributed by atoms with E-state index in [1.54, 1.807) is 0 Å². The number of fused-ring (bicyclic) bond motifs is 3. The quantitative estimate of drug-likeness (QED) is 0.546. The summed E-state index contributed by atoms with van der Waals surface area (Å²) in [4.78, 5) is 36.5. The molecule has 170 valence electrons. The predicted octanol–water partition coefficient (Wildman–Crippen LogP) is 4.02. The van der Waals surface area contributed by atoms with Crippen LogP contribution in [0.4, 0.5) is 4.79 Å². The number of carboxylic acid groups (broad SMARTS) is 1. The lowest BCUT2D eigenvalue weighted by molar-refractivity contribution is -0.142. The van der Waals surface area contributed by atoms with E-state index in [1.165, 1.54) is 18.9 Å². The monoisotopic (exact) mass is 438 g/mol. The molecule has 7 nitrogen and oxygen atoms in total. The molecular weight excluding hydrogens is 408 g/mol. The van der Waals surface area contributed by atoms with Gasteiger partial charge in [-0.3, -0.25) is 9.69 Å². The highest BCUT2D eigenvalue weighted by atomic mass is 16.6. The average molecular weight is 439 g/mol. The van der Waals surface area contributed by atoms with Crippen molar-refractivity contribution in [2.45, 2.75) is 44.6 Å².